The molecule has 0 unspecified atom stereocenters. The molecule has 2 aromatic rings. The van der Waals surface area contributed by atoms with Gasteiger partial charge in [0.25, 0.3) is 5.91 Å². The fourth-order valence-corrected chi connectivity index (χ4v) is 4.24. The van der Waals surface area contributed by atoms with E-state index >= 15 is 0 Å². The van der Waals surface area contributed by atoms with Gasteiger partial charge >= 0.3 is 0 Å². The van der Waals surface area contributed by atoms with Gasteiger partial charge in [0.1, 0.15) is 5.75 Å². The molecule has 160 valence electrons. The Labute approximate surface area is 181 Å². The molecule has 3 rings (SSSR count). The van der Waals surface area contributed by atoms with E-state index in [-0.39, 0.29) is 11.0 Å². The largest absolute Gasteiger partial charge is 0.497 e. The third-order valence-electron chi connectivity index (χ3n) is 4.76. The molecule has 1 fully saturated rings. The minimum atomic E-state index is -3.19. The van der Waals surface area contributed by atoms with Gasteiger partial charge in [0.15, 0.2) is 5.11 Å². The van der Waals surface area contributed by atoms with Gasteiger partial charge in [0.05, 0.1) is 24.7 Å². The normalized spacial score (nSPS) is 14.8. The highest BCUT2D eigenvalue weighted by atomic mass is 32.2. The third-order valence-corrected chi connectivity index (χ3v) is 6.27. The second-order valence-electron chi connectivity index (χ2n) is 6.81. The molecule has 8 nitrogen and oxygen atoms in total. The number of benzene rings is 2. The van der Waals surface area contributed by atoms with Crippen molar-refractivity contribution in [1.82, 2.24) is 9.62 Å². The van der Waals surface area contributed by atoms with E-state index in [2.05, 4.69) is 15.5 Å². The van der Waals surface area contributed by atoms with E-state index in [9.17, 15) is 13.2 Å². The first-order chi connectivity index (χ1) is 14.3. The molecule has 1 heterocycles. The number of nitrogens with one attached hydrogen (secondary N) is 2. The fourth-order valence-electron chi connectivity index (χ4n) is 3.21. The van der Waals surface area contributed by atoms with Crippen LogP contribution in [0.4, 0.5) is 11.4 Å². The summed E-state index contributed by atoms with van der Waals surface area (Å²) in [6.07, 6.45) is 1.22. The molecule has 0 aromatic heterocycles. The van der Waals surface area contributed by atoms with E-state index in [4.69, 9.17) is 17.0 Å². The number of methoxy groups -OCH3 is 1. The van der Waals surface area contributed by atoms with Gasteiger partial charge in [0, 0.05) is 31.7 Å². The molecule has 0 saturated carbocycles. The maximum atomic E-state index is 12.5. The molecule has 0 aliphatic carbocycles. The number of carbonyl (C=O) groups excluding carboxylic acids is 1. The van der Waals surface area contributed by atoms with E-state index in [1.165, 1.54) is 17.7 Å². The van der Waals surface area contributed by atoms with Crippen molar-refractivity contribution >= 4 is 44.6 Å². The van der Waals surface area contributed by atoms with Crippen molar-refractivity contribution in [2.75, 3.05) is 49.8 Å². The summed E-state index contributed by atoms with van der Waals surface area (Å²) in [6, 6.07) is 14.4. The lowest BCUT2D eigenvalue weighted by molar-refractivity contribution is 0.0977. The summed E-state index contributed by atoms with van der Waals surface area (Å²) in [5, 5.41) is 5.92. The van der Waals surface area contributed by atoms with Gasteiger partial charge in [-0.25, -0.2) is 8.42 Å². The maximum Gasteiger partial charge on any atom is 0.257 e. The van der Waals surface area contributed by atoms with E-state index < -0.39 is 10.0 Å². The van der Waals surface area contributed by atoms with Crippen molar-refractivity contribution in [3.8, 4) is 5.75 Å². The molecule has 0 radical (unpaired) electrons. The zero-order valence-corrected chi connectivity index (χ0v) is 18.4. The number of carbonyl (C=O) groups is 1. The minimum absolute atomic E-state index is 0.171. The Kier molecular flexibility index (Phi) is 6.91. The van der Waals surface area contributed by atoms with Crippen LogP contribution >= 0.6 is 12.2 Å². The number of para-hydroxylation sites is 2. The number of rotatable bonds is 5. The fraction of sp³-hybridized carbons (Fsp3) is 0.300. The summed E-state index contributed by atoms with van der Waals surface area (Å²) in [4.78, 5) is 14.6. The number of amides is 1. The average Bonchev–Trinajstić information content (AvgIpc) is 2.73. The Bertz CT molecular complexity index is 1030. The van der Waals surface area contributed by atoms with Crippen molar-refractivity contribution < 1.29 is 17.9 Å². The number of piperazine rings is 1. The monoisotopic (exact) mass is 448 g/mol. The molecule has 10 heteroatoms. The van der Waals surface area contributed by atoms with Crippen LogP contribution in [0.2, 0.25) is 0 Å². The summed E-state index contributed by atoms with van der Waals surface area (Å²) in [6.45, 7) is 1.97. The molecule has 1 aliphatic rings. The van der Waals surface area contributed by atoms with E-state index in [1.54, 1.807) is 24.3 Å². The van der Waals surface area contributed by atoms with Crippen molar-refractivity contribution in [3.05, 3.63) is 54.1 Å². The van der Waals surface area contributed by atoms with E-state index in [1.807, 2.05) is 24.3 Å². The summed E-state index contributed by atoms with van der Waals surface area (Å²) in [5.74, 6) is 0.241. The van der Waals surface area contributed by atoms with Crippen molar-refractivity contribution in [2.24, 2.45) is 0 Å². The topological polar surface area (TPSA) is 91.0 Å². The zero-order chi connectivity index (χ0) is 21.7. The second-order valence-corrected chi connectivity index (χ2v) is 9.20. The summed E-state index contributed by atoms with van der Waals surface area (Å²) in [5.41, 5.74) is 2.06. The third kappa shape index (κ3) is 5.47. The van der Waals surface area contributed by atoms with Crippen molar-refractivity contribution in [3.63, 3.8) is 0 Å². The molecule has 0 spiro atoms. The second kappa shape index (κ2) is 9.41. The number of nitrogens with zero attached hydrogens (tertiary/aromatic N) is 2. The molecule has 30 heavy (non-hydrogen) atoms. The average molecular weight is 449 g/mol. The standard InChI is InChI=1S/C20H24N4O4S2/c1-28-16-7-5-6-15(14-16)19(25)22-20(29)21-17-8-3-4-9-18(17)23-10-12-24(13-11-23)30(2,26)27/h3-9,14H,10-13H2,1-2H3,(H2,21,22,25,29). The Morgan fingerprint density at radius 3 is 2.43 bits per heavy atom. The van der Waals surface area contributed by atoms with Crippen LogP contribution in [0.15, 0.2) is 48.5 Å². The molecule has 0 bridgehead atoms. The Balaban J connectivity index is 1.66. The van der Waals surface area contributed by atoms with Crippen LogP contribution in [0.5, 0.6) is 5.75 Å². The molecular formula is C20H24N4O4S2. The summed E-state index contributed by atoms with van der Waals surface area (Å²) < 4.78 is 30.1. The minimum Gasteiger partial charge on any atom is -0.497 e. The van der Waals surface area contributed by atoms with Gasteiger partial charge in [-0.05, 0) is 42.5 Å². The number of hydrogen-bond donors (Lipinski definition) is 2. The van der Waals surface area contributed by atoms with Crippen LogP contribution in [0.1, 0.15) is 10.4 Å². The SMILES string of the molecule is COc1cccc(C(=O)NC(=S)Nc2ccccc2N2CCN(S(C)(=O)=O)CC2)c1. The van der Waals surface area contributed by atoms with Crippen LogP contribution in [-0.2, 0) is 10.0 Å². The van der Waals surface area contributed by atoms with Crippen LogP contribution in [0.25, 0.3) is 0 Å². The van der Waals surface area contributed by atoms with Gasteiger partial charge in [-0.15, -0.1) is 0 Å². The highest BCUT2D eigenvalue weighted by Gasteiger charge is 2.24. The smallest absolute Gasteiger partial charge is 0.257 e. The summed E-state index contributed by atoms with van der Waals surface area (Å²) >= 11 is 5.32. The lowest BCUT2D eigenvalue weighted by atomic mass is 10.2. The first kappa shape index (κ1) is 22.0. The summed E-state index contributed by atoms with van der Waals surface area (Å²) in [7, 11) is -1.65. The molecule has 0 atom stereocenters. The number of sulfonamides is 1. The quantitative estimate of drug-likeness (QED) is 0.675. The first-order valence-electron chi connectivity index (χ1n) is 9.33. The van der Waals surface area contributed by atoms with Gasteiger partial charge in [-0.1, -0.05) is 18.2 Å². The zero-order valence-electron chi connectivity index (χ0n) is 16.8. The lowest BCUT2D eigenvalue weighted by Crippen LogP contribution is -2.48. The van der Waals surface area contributed by atoms with Gasteiger partial charge in [-0.2, -0.15) is 4.31 Å². The number of ether oxygens (including phenoxy) is 1. The Morgan fingerprint density at radius 1 is 1.07 bits per heavy atom. The van der Waals surface area contributed by atoms with E-state index in [0.29, 0.717) is 37.5 Å². The van der Waals surface area contributed by atoms with E-state index in [0.717, 1.165) is 11.4 Å². The predicted molar refractivity (Wildman–Crippen MR) is 122 cm³/mol. The number of anilines is 2. The van der Waals surface area contributed by atoms with Gasteiger partial charge < -0.3 is 15.0 Å². The Morgan fingerprint density at radius 2 is 1.77 bits per heavy atom. The number of hydrogen-bond acceptors (Lipinski definition) is 6. The number of thiocarbonyl (C=S) groups is 1. The molecule has 1 aliphatic heterocycles. The van der Waals surface area contributed by atoms with Crippen molar-refractivity contribution in [2.45, 2.75) is 0 Å². The maximum absolute atomic E-state index is 12.5. The highest BCUT2D eigenvalue weighted by molar-refractivity contribution is 7.88. The first-order valence-corrected chi connectivity index (χ1v) is 11.6. The molecule has 2 aromatic carbocycles. The van der Waals surface area contributed by atoms with Crippen LogP contribution in [0.3, 0.4) is 0 Å². The molecule has 1 amide bonds. The van der Waals surface area contributed by atoms with Crippen LogP contribution in [-0.4, -0.2) is 63.3 Å². The van der Waals surface area contributed by atoms with Crippen LogP contribution < -0.4 is 20.3 Å². The highest BCUT2D eigenvalue weighted by Crippen LogP contribution is 2.27. The molecule has 2 N–H and O–H groups in total. The predicted octanol–water partition coefficient (Wildman–Crippen LogP) is 1.90. The Hall–Kier alpha value is -2.69. The van der Waals surface area contributed by atoms with Gasteiger partial charge in [-0.3, -0.25) is 10.1 Å². The van der Waals surface area contributed by atoms with Gasteiger partial charge in [0.2, 0.25) is 10.0 Å². The lowest BCUT2D eigenvalue weighted by Gasteiger charge is -2.35. The van der Waals surface area contributed by atoms with Crippen molar-refractivity contribution in [1.29, 1.82) is 0 Å². The van der Waals surface area contributed by atoms with Crippen LogP contribution in [0, 0.1) is 0 Å². The molecular weight excluding hydrogens is 424 g/mol. The molecule has 1 saturated heterocycles.